The average molecular weight is 541 g/mol. The third kappa shape index (κ3) is 6.42. The molecule has 2 atom stereocenters. The smallest absolute Gasteiger partial charge is 0.243 e. The van der Waals surface area contributed by atoms with Gasteiger partial charge in [-0.1, -0.05) is 78.5 Å². The van der Waals surface area contributed by atoms with Gasteiger partial charge < -0.3 is 26.4 Å². The molecule has 1 aliphatic heterocycles. The Morgan fingerprint density at radius 1 is 0.872 bits per heavy atom. The lowest BCUT2D eigenvalue weighted by molar-refractivity contribution is -0.129. The van der Waals surface area contributed by atoms with Crippen molar-refractivity contribution < 1.29 is 14.7 Å². The second-order valence-corrected chi connectivity index (χ2v) is 10.7. The Hall–Kier alpha value is -3.85. The SMILES string of the molecule is NCC(O)CNC(=O)C(Cc1ccc2ccccc2c1)NC(=O)CCN1c2ccccc2Sc2ccccc21. The zero-order chi connectivity index (χ0) is 27.2. The first-order valence-corrected chi connectivity index (χ1v) is 13.9. The summed E-state index contributed by atoms with van der Waals surface area (Å²) in [7, 11) is 0. The summed E-state index contributed by atoms with van der Waals surface area (Å²) in [5.74, 6) is -0.572. The number of amides is 2. The second kappa shape index (κ2) is 12.3. The first kappa shape index (κ1) is 26.7. The Balaban J connectivity index is 1.30. The van der Waals surface area contributed by atoms with Crippen molar-refractivity contribution in [2.75, 3.05) is 24.5 Å². The van der Waals surface area contributed by atoms with Gasteiger partial charge in [-0.05, 0) is 40.6 Å². The Labute approximate surface area is 232 Å². The molecule has 5 rings (SSSR count). The molecule has 7 nitrogen and oxygen atoms in total. The van der Waals surface area contributed by atoms with Gasteiger partial charge in [0.05, 0.1) is 17.5 Å². The predicted molar refractivity (Wildman–Crippen MR) is 156 cm³/mol. The van der Waals surface area contributed by atoms with Crippen LogP contribution in [0.1, 0.15) is 12.0 Å². The first-order valence-electron chi connectivity index (χ1n) is 13.1. The maximum atomic E-state index is 13.2. The fourth-order valence-corrected chi connectivity index (χ4v) is 5.83. The zero-order valence-electron chi connectivity index (χ0n) is 21.5. The molecule has 0 radical (unpaired) electrons. The van der Waals surface area contributed by atoms with Crippen LogP contribution in [0.25, 0.3) is 10.8 Å². The number of carbonyl (C=O) groups is 2. The first-order chi connectivity index (χ1) is 19.0. The van der Waals surface area contributed by atoms with Gasteiger partial charge in [0.1, 0.15) is 6.04 Å². The molecule has 1 heterocycles. The van der Waals surface area contributed by atoms with Gasteiger partial charge in [0, 0.05) is 42.3 Å². The van der Waals surface area contributed by atoms with Crippen LogP contribution in [0.3, 0.4) is 0 Å². The number of nitrogens with two attached hydrogens (primary N) is 1. The molecule has 2 unspecified atom stereocenters. The molecule has 2 amide bonds. The zero-order valence-corrected chi connectivity index (χ0v) is 22.4. The van der Waals surface area contributed by atoms with Crippen molar-refractivity contribution in [3.8, 4) is 0 Å². The van der Waals surface area contributed by atoms with Crippen LogP contribution in [0, 0.1) is 0 Å². The fourth-order valence-electron chi connectivity index (χ4n) is 4.74. The van der Waals surface area contributed by atoms with E-state index < -0.39 is 12.1 Å². The van der Waals surface area contributed by atoms with Gasteiger partial charge >= 0.3 is 0 Å². The molecule has 0 fully saturated rings. The number of aliphatic hydroxyl groups excluding tert-OH is 1. The van der Waals surface area contributed by atoms with E-state index in [-0.39, 0.29) is 31.3 Å². The molecule has 0 saturated heterocycles. The Kier molecular flexibility index (Phi) is 8.46. The highest BCUT2D eigenvalue weighted by atomic mass is 32.2. The third-order valence-corrected chi connectivity index (χ3v) is 7.91. The van der Waals surface area contributed by atoms with E-state index in [0.717, 1.165) is 37.5 Å². The van der Waals surface area contributed by atoms with Gasteiger partial charge in [0.2, 0.25) is 11.8 Å². The van der Waals surface area contributed by atoms with Crippen LogP contribution in [-0.4, -0.2) is 48.7 Å². The van der Waals surface area contributed by atoms with Gasteiger partial charge in [-0.15, -0.1) is 0 Å². The number of nitrogens with zero attached hydrogens (tertiary/aromatic N) is 1. The summed E-state index contributed by atoms with van der Waals surface area (Å²) in [4.78, 5) is 30.8. The lowest BCUT2D eigenvalue weighted by Crippen LogP contribution is -2.50. The van der Waals surface area contributed by atoms with E-state index in [1.54, 1.807) is 11.8 Å². The normalized spacial score (nSPS) is 13.7. The van der Waals surface area contributed by atoms with Crippen LogP contribution in [0.5, 0.6) is 0 Å². The van der Waals surface area contributed by atoms with Crippen LogP contribution >= 0.6 is 11.8 Å². The van der Waals surface area contributed by atoms with E-state index in [0.29, 0.717) is 13.0 Å². The monoisotopic (exact) mass is 540 g/mol. The van der Waals surface area contributed by atoms with Crippen molar-refractivity contribution in [2.24, 2.45) is 5.73 Å². The molecule has 0 spiro atoms. The third-order valence-electron chi connectivity index (χ3n) is 6.78. The number of hydrogen-bond donors (Lipinski definition) is 4. The fraction of sp³-hybridized carbons (Fsp3) is 0.226. The predicted octanol–water partition coefficient (Wildman–Crippen LogP) is 4.00. The molecular formula is C31H32N4O3S. The summed E-state index contributed by atoms with van der Waals surface area (Å²) in [5.41, 5.74) is 8.56. The van der Waals surface area contributed by atoms with E-state index in [1.165, 1.54) is 0 Å². The van der Waals surface area contributed by atoms with Crippen LogP contribution < -0.4 is 21.3 Å². The van der Waals surface area contributed by atoms with Crippen molar-refractivity contribution in [1.29, 1.82) is 0 Å². The summed E-state index contributed by atoms with van der Waals surface area (Å²) in [6, 6.07) is 29.6. The molecule has 8 heteroatoms. The molecule has 0 bridgehead atoms. The van der Waals surface area contributed by atoms with Gasteiger partial charge in [-0.2, -0.15) is 0 Å². The molecule has 4 aromatic rings. The number of carbonyl (C=O) groups excluding carboxylic acids is 2. The van der Waals surface area contributed by atoms with Crippen molar-refractivity contribution in [2.45, 2.75) is 34.8 Å². The lowest BCUT2D eigenvalue weighted by atomic mass is 10.0. The minimum atomic E-state index is -0.844. The van der Waals surface area contributed by atoms with E-state index in [2.05, 4.69) is 39.8 Å². The summed E-state index contributed by atoms with van der Waals surface area (Å²) >= 11 is 1.72. The standard InChI is InChI=1S/C31H32N4O3S/c32-19-24(36)20-33-31(38)25(18-21-13-14-22-7-1-2-8-23(22)17-21)34-30(37)15-16-35-26-9-3-5-11-28(26)39-29-12-6-4-10-27(29)35/h1-14,17,24-25,36H,15-16,18-20,32H2,(H,33,38)(H,34,37). The minimum absolute atomic E-state index is 0.0262. The van der Waals surface area contributed by atoms with Crippen molar-refractivity contribution in [3.63, 3.8) is 0 Å². The Morgan fingerprint density at radius 3 is 2.21 bits per heavy atom. The summed E-state index contributed by atoms with van der Waals surface area (Å²) in [5, 5.41) is 17.7. The van der Waals surface area contributed by atoms with Gasteiger partial charge in [0.15, 0.2) is 0 Å². The molecule has 0 aliphatic carbocycles. The molecule has 1 aliphatic rings. The number of benzene rings is 4. The van der Waals surface area contributed by atoms with Crippen LogP contribution in [0.2, 0.25) is 0 Å². The van der Waals surface area contributed by atoms with Gasteiger partial charge in [0.25, 0.3) is 0 Å². The number of aliphatic hydroxyl groups is 1. The van der Waals surface area contributed by atoms with E-state index in [9.17, 15) is 14.7 Å². The van der Waals surface area contributed by atoms with Gasteiger partial charge in [-0.3, -0.25) is 9.59 Å². The summed E-state index contributed by atoms with van der Waals surface area (Å²) in [6.45, 7) is 0.536. The highest BCUT2D eigenvalue weighted by Crippen LogP contribution is 2.47. The molecule has 200 valence electrons. The van der Waals surface area contributed by atoms with Crippen molar-refractivity contribution in [1.82, 2.24) is 10.6 Å². The van der Waals surface area contributed by atoms with Gasteiger partial charge in [-0.25, -0.2) is 0 Å². The largest absolute Gasteiger partial charge is 0.390 e. The highest BCUT2D eigenvalue weighted by Gasteiger charge is 2.25. The highest BCUT2D eigenvalue weighted by molar-refractivity contribution is 7.99. The van der Waals surface area contributed by atoms with E-state index in [4.69, 9.17) is 5.73 Å². The minimum Gasteiger partial charge on any atom is -0.390 e. The Bertz CT molecular complexity index is 1430. The molecular weight excluding hydrogens is 508 g/mol. The quantitative estimate of drug-likeness (QED) is 0.242. The van der Waals surface area contributed by atoms with E-state index in [1.807, 2.05) is 66.7 Å². The summed E-state index contributed by atoms with van der Waals surface area (Å²) in [6.07, 6.45) is -0.309. The number of hydrogen-bond acceptors (Lipinski definition) is 6. The number of anilines is 2. The molecule has 0 aromatic heterocycles. The molecule has 39 heavy (non-hydrogen) atoms. The maximum absolute atomic E-state index is 13.2. The van der Waals surface area contributed by atoms with Crippen LogP contribution in [0.4, 0.5) is 11.4 Å². The Morgan fingerprint density at radius 2 is 1.51 bits per heavy atom. The second-order valence-electron chi connectivity index (χ2n) is 9.58. The van der Waals surface area contributed by atoms with E-state index >= 15 is 0 Å². The average Bonchev–Trinajstić information content (AvgIpc) is 2.97. The number of rotatable bonds is 10. The topological polar surface area (TPSA) is 108 Å². The van der Waals surface area contributed by atoms with Crippen molar-refractivity contribution >= 4 is 45.7 Å². The molecule has 5 N–H and O–H groups in total. The number of nitrogens with one attached hydrogen (secondary N) is 2. The van der Waals surface area contributed by atoms with Crippen LogP contribution in [0.15, 0.2) is 101 Å². The lowest BCUT2D eigenvalue weighted by Gasteiger charge is -2.32. The summed E-state index contributed by atoms with van der Waals surface area (Å²) < 4.78 is 0. The molecule has 0 saturated carbocycles. The van der Waals surface area contributed by atoms with Crippen LogP contribution in [-0.2, 0) is 16.0 Å². The maximum Gasteiger partial charge on any atom is 0.243 e. The van der Waals surface area contributed by atoms with Crippen molar-refractivity contribution in [3.05, 3.63) is 96.6 Å². The number of fused-ring (bicyclic) bond motifs is 3. The molecule has 4 aromatic carbocycles. The number of para-hydroxylation sites is 2.